The summed E-state index contributed by atoms with van der Waals surface area (Å²) in [7, 11) is 0. The minimum Gasteiger partial charge on any atom is -0.476 e. The van der Waals surface area contributed by atoms with Gasteiger partial charge >= 0.3 is 5.97 Å². The fourth-order valence-corrected chi connectivity index (χ4v) is 1.82. The van der Waals surface area contributed by atoms with E-state index in [-0.39, 0.29) is 11.8 Å². The molecule has 2 heterocycles. The number of ether oxygens (including phenoxy) is 1. The van der Waals surface area contributed by atoms with Gasteiger partial charge in [0.25, 0.3) is 0 Å². The topological polar surface area (TPSA) is 84.6 Å². The molecule has 1 aromatic rings. The predicted octanol–water partition coefficient (Wildman–Crippen LogP) is 1.03. The van der Waals surface area contributed by atoms with E-state index in [1.165, 1.54) is 12.5 Å². The van der Waals surface area contributed by atoms with E-state index in [0.29, 0.717) is 12.3 Å². The Morgan fingerprint density at radius 2 is 2.47 bits per heavy atom. The van der Waals surface area contributed by atoms with Crippen molar-refractivity contribution in [2.45, 2.75) is 31.9 Å². The van der Waals surface area contributed by atoms with E-state index in [4.69, 9.17) is 14.4 Å². The Bertz CT molecular complexity index is 371. The molecule has 17 heavy (non-hydrogen) atoms. The number of rotatable bonds is 5. The largest absolute Gasteiger partial charge is 0.476 e. The van der Waals surface area contributed by atoms with Gasteiger partial charge in [0.05, 0.1) is 12.6 Å². The smallest absolute Gasteiger partial charge is 0.358 e. The average Bonchev–Trinajstić information content (AvgIpc) is 2.79. The van der Waals surface area contributed by atoms with Gasteiger partial charge in [-0.1, -0.05) is 5.16 Å². The Labute approximate surface area is 98.9 Å². The van der Waals surface area contributed by atoms with Crippen molar-refractivity contribution in [2.24, 2.45) is 0 Å². The van der Waals surface area contributed by atoms with Gasteiger partial charge in [-0.2, -0.15) is 0 Å². The van der Waals surface area contributed by atoms with E-state index in [1.54, 1.807) is 0 Å². The van der Waals surface area contributed by atoms with E-state index in [1.807, 2.05) is 0 Å². The van der Waals surface area contributed by atoms with Gasteiger partial charge in [-0.15, -0.1) is 0 Å². The maximum absolute atomic E-state index is 10.6. The van der Waals surface area contributed by atoms with Crippen LogP contribution in [0.1, 0.15) is 35.5 Å². The van der Waals surface area contributed by atoms with Gasteiger partial charge in [-0.25, -0.2) is 4.79 Å². The van der Waals surface area contributed by atoms with Crippen LogP contribution in [0.15, 0.2) is 10.6 Å². The van der Waals surface area contributed by atoms with Crippen molar-refractivity contribution in [3.63, 3.8) is 0 Å². The molecular weight excluding hydrogens is 224 g/mol. The van der Waals surface area contributed by atoms with Crippen LogP contribution in [0.25, 0.3) is 0 Å². The highest BCUT2D eigenvalue weighted by atomic mass is 16.5. The van der Waals surface area contributed by atoms with Crippen LogP contribution in [-0.4, -0.2) is 35.5 Å². The fourth-order valence-electron chi connectivity index (χ4n) is 1.82. The van der Waals surface area contributed by atoms with Crippen LogP contribution in [0.2, 0.25) is 0 Å². The molecule has 0 amide bonds. The first kappa shape index (κ1) is 12.1. The molecule has 6 heteroatoms. The third-order valence-electron chi connectivity index (χ3n) is 2.72. The summed E-state index contributed by atoms with van der Waals surface area (Å²) in [6, 6.07) is 1.43. The number of nitrogens with zero attached hydrogens (tertiary/aromatic N) is 1. The van der Waals surface area contributed by atoms with Crippen LogP contribution in [0.4, 0.5) is 0 Å². The third-order valence-corrected chi connectivity index (χ3v) is 2.72. The molecule has 6 nitrogen and oxygen atoms in total. The molecule has 94 valence electrons. The van der Waals surface area contributed by atoms with Gasteiger partial charge in [0.1, 0.15) is 0 Å². The summed E-state index contributed by atoms with van der Waals surface area (Å²) < 4.78 is 10.4. The van der Waals surface area contributed by atoms with Crippen LogP contribution < -0.4 is 5.32 Å². The Morgan fingerprint density at radius 1 is 1.59 bits per heavy atom. The molecule has 1 fully saturated rings. The lowest BCUT2D eigenvalue weighted by molar-refractivity contribution is 0.0165. The van der Waals surface area contributed by atoms with Crippen molar-refractivity contribution in [3.05, 3.63) is 17.5 Å². The fraction of sp³-hybridized carbons (Fsp3) is 0.636. The molecule has 1 aliphatic heterocycles. The molecular formula is C11H16N2O4. The molecule has 1 aliphatic rings. The Kier molecular flexibility index (Phi) is 4.11. The highest BCUT2D eigenvalue weighted by molar-refractivity contribution is 5.85. The third kappa shape index (κ3) is 3.54. The van der Waals surface area contributed by atoms with Crippen LogP contribution in [0.3, 0.4) is 0 Å². The highest BCUT2D eigenvalue weighted by Crippen LogP contribution is 2.12. The monoisotopic (exact) mass is 240 g/mol. The first-order chi connectivity index (χ1) is 8.25. The molecule has 2 rings (SSSR count). The Hall–Kier alpha value is -1.40. The van der Waals surface area contributed by atoms with E-state index in [2.05, 4.69) is 10.5 Å². The zero-order valence-electron chi connectivity index (χ0n) is 9.52. The molecule has 0 bridgehead atoms. The second-order valence-corrected chi connectivity index (χ2v) is 4.10. The van der Waals surface area contributed by atoms with Gasteiger partial charge in [0.2, 0.25) is 0 Å². The SMILES string of the molecule is O=C(O)c1cc(CNCC2CCCCO2)on1. The number of nitrogens with one attached hydrogen (secondary N) is 1. The van der Waals surface area contributed by atoms with Crippen molar-refractivity contribution in [1.29, 1.82) is 0 Å². The molecule has 0 spiro atoms. The van der Waals surface area contributed by atoms with Gasteiger partial charge in [-0.3, -0.25) is 0 Å². The lowest BCUT2D eigenvalue weighted by Gasteiger charge is -2.22. The average molecular weight is 240 g/mol. The maximum Gasteiger partial charge on any atom is 0.358 e. The summed E-state index contributed by atoms with van der Waals surface area (Å²) in [5, 5.41) is 15.3. The standard InChI is InChI=1S/C11H16N2O4/c14-11(15)10-5-9(17-13-10)7-12-6-8-3-1-2-4-16-8/h5,8,12H,1-4,6-7H2,(H,14,15). The second kappa shape index (κ2) is 5.79. The second-order valence-electron chi connectivity index (χ2n) is 4.10. The molecule has 0 saturated carbocycles. The Morgan fingerprint density at radius 3 is 3.12 bits per heavy atom. The summed E-state index contributed by atoms with van der Waals surface area (Å²) in [4.78, 5) is 10.6. The van der Waals surface area contributed by atoms with Gasteiger partial charge in [0, 0.05) is 19.2 Å². The molecule has 0 aliphatic carbocycles. The number of carbonyl (C=O) groups is 1. The molecule has 1 unspecified atom stereocenters. The zero-order valence-corrected chi connectivity index (χ0v) is 9.52. The summed E-state index contributed by atoms with van der Waals surface area (Å²) in [5.41, 5.74) is -0.0595. The van der Waals surface area contributed by atoms with Crippen molar-refractivity contribution in [3.8, 4) is 0 Å². The first-order valence-electron chi connectivity index (χ1n) is 5.77. The molecule has 1 saturated heterocycles. The molecule has 0 radical (unpaired) electrons. The van der Waals surface area contributed by atoms with Crippen molar-refractivity contribution < 1.29 is 19.2 Å². The molecule has 1 atom stereocenters. The van der Waals surface area contributed by atoms with Gasteiger partial charge in [0.15, 0.2) is 11.5 Å². The number of aromatic carboxylic acids is 1. The zero-order chi connectivity index (χ0) is 12.1. The summed E-state index contributed by atoms with van der Waals surface area (Å²) >= 11 is 0. The number of carboxylic acids is 1. The summed E-state index contributed by atoms with van der Waals surface area (Å²) in [6.45, 7) is 2.06. The van der Waals surface area contributed by atoms with Gasteiger partial charge < -0.3 is 19.7 Å². The highest BCUT2D eigenvalue weighted by Gasteiger charge is 2.14. The molecule has 2 N–H and O–H groups in total. The minimum absolute atomic E-state index is 0.0595. The van der Waals surface area contributed by atoms with Crippen LogP contribution in [-0.2, 0) is 11.3 Å². The van der Waals surface area contributed by atoms with E-state index in [0.717, 1.165) is 26.0 Å². The number of hydrogen-bond donors (Lipinski definition) is 2. The minimum atomic E-state index is -1.07. The van der Waals surface area contributed by atoms with E-state index >= 15 is 0 Å². The van der Waals surface area contributed by atoms with Crippen molar-refractivity contribution in [2.75, 3.05) is 13.2 Å². The molecule has 0 aromatic carbocycles. The number of hydrogen-bond acceptors (Lipinski definition) is 5. The predicted molar refractivity (Wildman–Crippen MR) is 58.8 cm³/mol. The van der Waals surface area contributed by atoms with Crippen LogP contribution >= 0.6 is 0 Å². The van der Waals surface area contributed by atoms with E-state index < -0.39 is 5.97 Å². The maximum atomic E-state index is 10.6. The lowest BCUT2D eigenvalue weighted by atomic mass is 10.1. The van der Waals surface area contributed by atoms with Crippen molar-refractivity contribution >= 4 is 5.97 Å². The molecule has 1 aromatic heterocycles. The first-order valence-corrected chi connectivity index (χ1v) is 5.77. The summed E-state index contributed by atoms with van der Waals surface area (Å²) in [5.74, 6) is -0.547. The van der Waals surface area contributed by atoms with Crippen LogP contribution in [0.5, 0.6) is 0 Å². The quantitative estimate of drug-likeness (QED) is 0.799. The van der Waals surface area contributed by atoms with Crippen molar-refractivity contribution in [1.82, 2.24) is 10.5 Å². The lowest BCUT2D eigenvalue weighted by Crippen LogP contribution is -2.31. The van der Waals surface area contributed by atoms with E-state index in [9.17, 15) is 4.79 Å². The van der Waals surface area contributed by atoms with Gasteiger partial charge in [-0.05, 0) is 19.3 Å². The number of carboxylic acid groups (broad SMARTS) is 1. The summed E-state index contributed by atoms with van der Waals surface area (Å²) in [6.07, 6.45) is 3.67. The Balaban J connectivity index is 1.71. The van der Waals surface area contributed by atoms with Crippen LogP contribution in [0, 0.1) is 0 Å². The normalized spacial score (nSPS) is 20.4. The number of aromatic nitrogens is 1.